The predicted molar refractivity (Wildman–Crippen MR) is 96.9 cm³/mol. The monoisotopic (exact) mass is 317 g/mol. The maximum absolute atomic E-state index is 9.29. The van der Waals surface area contributed by atoms with Crippen molar-refractivity contribution in [1.82, 2.24) is 0 Å². The molecule has 1 radical (unpaired) electrons. The van der Waals surface area contributed by atoms with E-state index in [1.807, 2.05) is 6.08 Å². The average molecular weight is 317 g/mol. The zero-order valence-corrected chi connectivity index (χ0v) is 15.3. The molecule has 2 aliphatic rings. The normalized spacial score (nSPS) is 26.7. The highest BCUT2D eigenvalue weighted by atomic mass is 16.5. The number of rotatable bonds is 6. The Morgan fingerprint density at radius 1 is 1.39 bits per heavy atom. The zero-order chi connectivity index (χ0) is 16.9. The molecule has 23 heavy (non-hydrogen) atoms. The lowest BCUT2D eigenvalue weighted by Gasteiger charge is -2.46. The molecule has 0 amide bonds. The second-order valence-electron chi connectivity index (χ2n) is 7.57. The van der Waals surface area contributed by atoms with E-state index in [0.717, 1.165) is 18.6 Å². The number of aliphatic hydroxyl groups excluding tert-OH is 1. The highest BCUT2D eigenvalue weighted by Gasteiger charge is 2.43. The number of allylic oxidation sites excluding steroid dienone is 5. The Balaban J connectivity index is 2.14. The molecule has 2 nitrogen and oxygen atoms in total. The van der Waals surface area contributed by atoms with Gasteiger partial charge in [-0.2, -0.15) is 0 Å². The van der Waals surface area contributed by atoms with Gasteiger partial charge in [0.15, 0.2) is 0 Å². The summed E-state index contributed by atoms with van der Waals surface area (Å²) in [4.78, 5) is 0. The van der Waals surface area contributed by atoms with Crippen molar-refractivity contribution < 1.29 is 9.84 Å². The molecule has 1 heterocycles. The number of unbranched alkanes of at least 4 members (excludes halogenated alkanes) is 2. The van der Waals surface area contributed by atoms with E-state index >= 15 is 0 Å². The van der Waals surface area contributed by atoms with Gasteiger partial charge in [0.05, 0.1) is 12.4 Å². The Bertz CT molecular complexity index is 482. The molecule has 0 spiro atoms. The van der Waals surface area contributed by atoms with E-state index in [2.05, 4.69) is 39.8 Å². The van der Waals surface area contributed by atoms with Crippen LogP contribution in [0.1, 0.15) is 72.6 Å². The van der Waals surface area contributed by atoms with E-state index in [-0.39, 0.29) is 12.2 Å². The van der Waals surface area contributed by atoms with Crippen LogP contribution in [-0.4, -0.2) is 17.3 Å². The molecule has 1 fully saturated rings. The number of fused-ring (bicyclic) bond motifs is 1. The van der Waals surface area contributed by atoms with Gasteiger partial charge in [-0.05, 0) is 58.1 Å². The third kappa shape index (κ3) is 4.97. The minimum absolute atomic E-state index is 0.104. The van der Waals surface area contributed by atoms with Crippen LogP contribution in [-0.2, 0) is 4.74 Å². The molecule has 0 bridgehead atoms. The summed E-state index contributed by atoms with van der Waals surface area (Å²) in [6, 6.07) is 0. The minimum atomic E-state index is -0.135. The largest absolute Gasteiger partial charge is 0.492 e. The molecule has 0 aromatic heterocycles. The molecule has 1 atom stereocenters. The molecule has 0 unspecified atom stereocenters. The Kier molecular flexibility index (Phi) is 6.52. The molecular weight excluding hydrogens is 284 g/mol. The summed E-state index contributed by atoms with van der Waals surface area (Å²) in [5, 5.41) is 9.29. The molecule has 1 aliphatic carbocycles. The van der Waals surface area contributed by atoms with Crippen LogP contribution in [0.4, 0.5) is 0 Å². The van der Waals surface area contributed by atoms with Crippen molar-refractivity contribution in [2.24, 2.45) is 5.92 Å². The molecule has 1 N–H and O–H groups in total. The maximum Gasteiger partial charge on any atom is 0.107 e. The molecular formula is C21H33O2. The van der Waals surface area contributed by atoms with E-state index in [1.165, 1.54) is 49.2 Å². The van der Waals surface area contributed by atoms with Crippen molar-refractivity contribution in [3.8, 4) is 0 Å². The summed E-state index contributed by atoms with van der Waals surface area (Å²) in [6.45, 7) is 8.98. The Morgan fingerprint density at radius 2 is 2.17 bits per heavy atom. The van der Waals surface area contributed by atoms with Crippen molar-refractivity contribution in [3.05, 3.63) is 41.1 Å². The Hall–Kier alpha value is -1.02. The maximum atomic E-state index is 9.29. The van der Waals surface area contributed by atoms with Crippen LogP contribution in [0.5, 0.6) is 0 Å². The quantitative estimate of drug-likeness (QED) is 0.655. The van der Waals surface area contributed by atoms with Crippen molar-refractivity contribution in [2.75, 3.05) is 6.61 Å². The molecule has 1 saturated heterocycles. The van der Waals surface area contributed by atoms with Crippen LogP contribution in [0, 0.1) is 11.8 Å². The van der Waals surface area contributed by atoms with E-state index < -0.39 is 0 Å². The topological polar surface area (TPSA) is 29.5 Å². The highest BCUT2D eigenvalue weighted by Crippen LogP contribution is 2.47. The molecule has 1 aliphatic heterocycles. The third-order valence-corrected chi connectivity index (χ3v) is 5.09. The molecule has 2 rings (SSSR count). The molecule has 2 heteroatoms. The van der Waals surface area contributed by atoms with Gasteiger partial charge in [0.1, 0.15) is 5.60 Å². The van der Waals surface area contributed by atoms with E-state index in [9.17, 15) is 5.11 Å². The lowest BCUT2D eigenvalue weighted by Crippen LogP contribution is -2.43. The van der Waals surface area contributed by atoms with Crippen molar-refractivity contribution >= 4 is 0 Å². The number of aliphatic hydroxyl groups is 1. The lowest BCUT2D eigenvalue weighted by molar-refractivity contribution is -0.0399. The second-order valence-corrected chi connectivity index (χ2v) is 7.57. The second kappa shape index (κ2) is 8.19. The minimum Gasteiger partial charge on any atom is -0.492 e. The van der Waals surface area contributed by atoms with Crippen LogP contribution in [0.3, 0.4) is 0 Å². The fourth-order valence-corrected chi connectivity index (χ4v) is 3.88. The Morgan fingerprint density at radius 3 is 2.87 bits per heavy atom. The van der Waals surface area contributed by atoms with Gasteiger partial charge in [-0.1, -0.05) is 37.5 Å². The fraction of sp³-hybridized carbons (Fsp3) is 0.667. The Labute approximate surface area is 142 Å². The van der Waals surface area contributed by atoms with Crippen LogP contribution in [0.25, 0.3) is 0 Å². The smallest absolute Gasteiger partial charge is 0.107 e. The number of hydrogen-bond donors (Lipinski definition) is 1. The van der Waals surface area contributed by atoms with Gasteiger partial charge in [0.2, 0.25) is 0 Å². The first-order chi connectivity index (χ1) is 11.0. The summed E-state index contributed by atoms with van der Waals surface area (Å²) in [6.07, 6.45) is 14.5. The zero-order valence-electron chi connectivity index (χ0n) is 15.3. The molecule has 0 aromatic rings. The van der Waals surface area contributed by atoms with Crippen LogP contribution < -0.4 is 0 Å². The van der Waals surface area contributed by atoms with Crippen molar-refractivity contribution in [2.45, 2.75) is 78.2 Å². The molecule has 0 saturated carbocycles. The lowest BCUT2D eigenvalue weighted by atomic mass is 9.69. The summed E-state index contributed by atoms with van der Waals surface area (Å²) >= 11 is 0. The summed E-state index contributed by atoms with van der Waals surface area (Å²) in [7, 11) is 0. The number of ether oxygens (including phenoxy) is 1. The number of hydrogen-bond acceptors (Lipinski definition) is 2. The van der Waals surface area contributed by atoms with E-state index in [1.54, 1.807) is 0 Å². The van der Waals surface area contributed by atoms with E-state index in [0.29, 0.717) is 5.92 Å². The van der Waals surface area contributed by atoms with Gasteiger partial charge >= 0.3 is 0 Å². The first kappa shape index (κ1) is 18.3. The molecule has 0 aromatic carbocycles. The van der Waals surface area contributed by atoms with Gasteiger partial charge in [-0.25, -0.2) is 0 Å². The predicted octanol–water partition coefficient (Wildman–Crippen LogP) is 5.50. The first-order valence-electron chi connectivity index (χ1n) is 9.18. The molecule has 129 valence electrons. The average Bonchev–Trinajstić information content (AvgIpc) is 2.46. The summed E-state index contributed by atoms with van der Waals surface area (Å²) in [5.74, 6) is 3.12. The third-order valence-electron chi connectivity index (χ3n) is 5.09. The van der Waals surface area contributed by atoms with Crippen molar-refractivity contribution in [3.63, 3.8) is 0 Å². The first-order valence-corrected chi connectivity index (χ1v) is 9.18. The fourth-order valence-electron chi connectivity index (χ4n) is 3.88. The van der Waals surface area contributed by atoms with E-state index in [4.69, 9.17) is 4.74 Å². The van der Waals surface area contributed by atoms with Crippen molar-refractivity contribution in [1.29, 1.82) is 0 Å². The van der Waals surface area contributed by atoms with Gasteiger partial charge < -0.3 is 9.84 Å². The SMILES string of the molecule is CCCCCC(=C/CO)/C=C1\C[C]2C=C(C)CC[C@H]2C(C)(C)O1. The van der Waals surface area contributed by atoms with Crippen LogP contribution >= 0.6 is 0 Å². The van der Waals surface area contributed by atoms with Gasteiger partial charge in [0.25, 0.3) is 0 Å². The summed E-state index contributed by atoms with van der Waals surface area (Å²) in [5.41, 5.74) is 2.56. The van der Waals surface area contributed by atoms with Gasteiger partial charge in [0, 0.05) is 18.3 Å². The van der Waals surface area contributed by atoms with Gasteiger partial charge in [-0.15, -0.1) is 0 Å². The van der Waals surface area contributed by atoms with Gasteiger partial charge in [-0.3, -0.25) is 0 Å². The standard InChI is InChI=1S/C21H33O2/c1-5-6-7-8-17(11-12-22)14-19-15-18-13-16(2)9-10-20(18)21(3,4)23-19/h11,13-14,20,22H,5-10,12,15H2,1-4H3/b17-11-,19-14+/t20-/m1/s1. The van der Waals surface area contributed by atoms with Crippen LogP contribution in [0.2, 0.25) is 0 Å². The summed E-state index contributed by atoms with van der Waals surface area (Å²) < 4.78 is 6.35. The van der Waals surface area contributed by atoms with Crippen LogP contribution in [0.15, 0.2) is 35.1 Å². The highest BCUT2D eigenvalue weighted by molar-refractivity contribution is 5.33.